The van der Waals surface area contributed by atoms with Crippen molar-refractivity contribution in [1.82, 2.24) is 5.32 Å². The van der Waals surface area contributed by atoms with E-state index in [2.05, 4.69) is 5.32 Å². The van der Waals surface area contributed by atoms with Gasteiger partial charge in [0.2, 0.25) is 0 Å². The number of alkyl halides is 3. The van der Waals surface area contributed by atoms with Gasteiger partial charge in [0.05, 0.1) is 6.42 Å². The third kappa shape index (κ3) is 3.47. The molecule has 2 aromatic carbocycles. The number of hydrogen-bond acceptors (Lipinski definition) is 1. The average Bonchev–Trinajstić information content (AvgIpc) is 2.33. The van der Waals surface area contributed by atoms with E-state index >= 15 is 0 Å². The van der Waals surface area contributed by atoms with Crippen molar-refractivity contribution >= 4 is 10.8 Å². The Morgan fingerprint density at radius 3 is 2.44 bits per heavy atom. The van der Waals surface area contributed by atoms with Gasteiger partial charge in [0, 0.05) is 13.1 Å². The van der Waals surface area contributed by atoms with Crippen molar-refractivity contribution in [1.29, 1.82) is 0 Å². The van der Waals surface area contributed by atoms with Gasteiger partial charge in [-0.1, -0.05) is 42.5 Å². The Kier molecular flexibility index (Phi) is 3.87. The number of benzene rings is 2. The molecule has 0 bridgehead atoms. The first-order valence-electron chi connectivity index (χ1n) is 5.80. The molecule has 2 rings (SSSR count). The maximum absolute atomic E-state index is 12.0. The van der Waals surface area contributed by atoms with Gasteiger partial charge in [-0.05, 0) is 16.3 Å². The monoisotopic (exact) mass is 253 g/mol. The molecule has 1 nitrogen and oxygen atoms in total. The minimum Gasteiger partial charge on any atom is -0.312 e. The highest BCUT2D eigenvalue weighted by Crippen LogP contribution is 2.20. The van der Waals surface area contributed by atoms with Gasteiger partial charge in [-0.15, -0.1) is 0 Å². The smallest absolute Gasteiger partial charge is 0.312 e. The first-order valence-corrected chi connectivity index (χ1v) is 5.80. The van der Waals surface area contributed by atoms with Crippen LogP contribution in [0.5, 0.6) is 0 Å². The molecule has 0 amide bonds. The fourth-order valence-electron chi connectivity index (χ4n) is 1.90. The molecule has 0 unspecified atom stereocenters. The van der Waals surface area contributed by atoms with Crippen molar-refractivity contribution in [3.05, 3.63) is 48.0 Å². The summed E-state index contributed by atoms with van der Waals surface area (Å²) in [5.41, 5.74) is 1.02. The first-order chi connectivity index (χ1) is 8.56. The van der Waals surface area contributed by atoms with E-state index in [4.69, 9.17) is 0 Å². The summed E-state index contributed by atoms with van der Waals surface area (Å²) >= 11 is 0. The third-order valence-electron chi connectivity index (χ3n) is 2.78. The van der Waals surface area contributed by atoms with Gasteiger partial charge >= 0.3 is 6.18 Å². The Morgan fingerprint density at radius 1 is 0.944 bits per heavy atom. The molecule has 0 atom stereocenters. The topological polar surface area (TPSA) is 12.0 Å². The second-order valence-electron chi connectivity index (χ2n) is 4.18. The summed E-state index contributed by atoms with van der Waals surface area (Å²) in [6, 6.07) is 13.7. The zero-order valence-corrected chi connectivity index (χ0v) is 9.80. The quantitative estimate of drug-likeness (QED) is 0.815. The van der Waals surface area contributed by atoms with Crippen molar-refractivity contribution < 1.29 is 13.2 Å². The predicted octanol–water partition coefficient (Wildman–Crippen LogP) is 3.88. The average molecular weight is 253 g/mol. The van der Waals surface area contributed by atoms with Gasteiger partial charge in [-0.25, -0.2) is 0 Å². The molecule has 0 fully saturated rings. The fraction of sp³-hybridized carbons (Fsp3) is 0.286. The molecule has 0 aliphatic rings. The van der Waals surface area contributed by atoms with Crippen molar-refractivity contribution in [3.8, 4) is 0 Å². The molecular formula is C14H14F3N. The van der Waals surface area contributed by atoms with Gasteiger partial charge in [0.1, 0.15) is 0 Å². The molecule has 0 saturated heterocycles. The van der Waals surface area contributed by atoms with E-state index in [1.807, 2.05) is 42.5 Å². The standard InChI is InChI=1S/C14H14F3N/c15-14(16,17)8-9-18-10-12-6-3-5-11-4-1-2-7-13(11)12/h1-7,18H,8-10H2. The van der Waals surface area contributed by atoms with E-state index in [-0.39, 0.29) is 6.54 Å². The summed E-state index contributed by atoms with van der Waals surface area (Å²) in [5.74, 6) is 0. The molecule has 0 aromatic heterocycles. The van der Waals surface area contributed by atoms with Gasteiger partial charge in [0.15, 0.2) is 0 Å². The molecule has 0 heterocycles. The normalized spacial score (nSPS) is 11.9. The Morgan fingerprint density at radius 2 is 1.67 bits per heavy atom. The predicted molar refractivity (Wildman–Crippen MR) is 66.3 cm³/mol. The Bertz CT molecular complexity index is 514. The first kappa shape index (κ1) is 12.9. The number of rotatable bonds is 4. The van der Waals surface area contributed by atoms with Crippen LogP contribution < -0.4 is 5.32 Å². The zero-order valence-electron chi connectivity index (χ0n) is 9.80. The van der Waals surface area contributed by atoms with E-state index in [0.29, 0.717) is 6.54 Å². The lowest BCUT2D eigenvalue weighted by Crippen LogP contribution is -2.21. The van der Waals surface area contributed by atoms with Crippen LogP contribution in [0.1, 0.15) is 12.0 Å². The van der Waals surface area contributed by atoms with E-state index in [9.17, 15) is 13.2 Å². The van der Waals surface area contributed by atoms with E-state index in [1.54, 1.807) is 0 Å². The number of halogens is 3. The van der Waals surface area contributed by atoms with Crippen molar-refractivity contribution in [2.45, 2.75) is 19.1 Å². The molecule has 0 aliphatic heterocycles. The van der Waals surface area contributed by atoms with Crippen LogP contribution in [0, 0.1) is 0 Å². The van der Waals surface area contributed by atoms with Gasteiger partial charge in [-0.3, -0.25) is 0 Å². The van der Waals surface area contributed by atoms with E-state index in [1.165, 1.54) is 0 Å². The summed E-state index contributed by atoms with van der Waals surface area (Å²) in [7, 11) is 0. The lowest BCUT2D eigenvalue weighted by molar-refractivity contribution is -0.133. The number of hydrogen-bond donors (Lipinski definition) is 1. The van der Waals surface area contributed by atoms with Crippen LogP contribution in [0.25, 0.3) is 10.8 Å². The highest BCUT2D eigenvalue weighted by Gasteiger charge is 2.25. The van der Waals surface area contributed by atoms with Crippen LogP contribution in [0.3, 0.4) is 0 Å². The van der Waals surface area contributed by atoms with Crippen molar-refractivity contribution in [3.63, 3.8) is 0 Å². The molecule has 96 valence electrons. The summed E-state index contributed by atoms with van der Waals surface area (Å²) in [4.78, 5) is 0. The lowest BCUT2D eigenvalue weighted by atomic mass is 10.0. The Labute approximate surface area is 104 Å². The van der Waals surface area contributed by atoms with Crippen LogP contribution in [-0.2, 0) is 6.54 Å². The third-order valence-corrected chi connectivity index (χ3v) is 2.78. The Hall–Kier alpha value is -1.55. The van der Waals surface area contributed by atoms with E-state index < -0.39 is 12.6 Å². The maximum atomic E-state index is 12.0. The van der Waals surface area contributed by atoms with Crippen molar-refractivity contribution in [2.75, 3.05) is 6.54 Å². The van der Waals surface area contributed by atoms with Gasteiger partial charge in [-0.2, -0.15) is 13.2 Å². The summed E-state index contributed by atoms with van der Waals surface area (Å²) < 4.78 is 36.0. The summed E-state index contributed by atoms with van der Waals surface area (Å²) in [6.07, 6.45) is -4.89. The minimum atomic E-state index is -4.09. The molecule has 0 saturated carbocycles. The highest BCUT2D eigenvalue weighted by atomic mass is 19.4. The summed E-state index contributed by atoms with van der Waals surface area (Å²) in [6.45, 7) is 0.407. The number of fused-ring (bicyclic) bond motifs is 1. The largest absolute Gasteiger partial charge is 0.390 e. The second-order valence-corrected chi connectivity index (χ2v) is 4.18. The molecule has 0 spiro atoms. The SMILES string of the molecule is FC(F)(F)CCNCc1cccc2ccccc12. The van der Waals surface area contributed by atoms with Crippen LogP contribution in [0.15, 0.2) is 42.5 Å². The lowest BCUT2D eigenvalue weighted by Gasteiger charge is -2.09. The fourth-order valence-corrected chi connectivity index (χ4v) is 1.90. The second kappa shape index (κ2) is 5.40. The minimum absolute atomic E-state index is 0.0489. The van der Waals surface area contributed by atoms with E-state index in [0.717, 1.165) is 16.3 Å². The highest BCUT2D eigenvalue weighted by molar-refractivity contribution is 5.85. The van der Waals surface area contributed by atoms with Crippen LogP contribution in [0.2, 0.25) is 0 Å². The summed E-state index contributed by atoms with van der Waals surface area (Å²) in [5, 5.41) is 5.02. The molecule has 18 heavy (non-hydrogen) atoms. The molecule has 0 radical (unpaired) electrons. The van der Waals surface area contributed by atoms with Gasteiger partial charge in [0.25, 0.3) is 0 Å². The Balaban J connectivity index is 2.00. The van der Waals surface area contributed by atoms with Crippen LogP contribution in [-0.4, -0.2) is 12.7 Å². The molecule has 0 aliphatic carbocycles. The molecular weight excluding hydrogens is 239 g/mol. The number of nitrogens with one attached hydrogen (secondary N) is 1. The van der Waals surface area contributed by atoms with Crippen molar-refractivity contribution in [2.24, 2.45) is 0 Å². The van der Waals surface area contributed by atoms with Gasteiger partial charge < -0.3 is 5.32 Å². The van der Waals surface area contributed by atoms with Crippen LogP contribution in [0.4, 0.5) is 13.2 Å². The molecule has 1 N–H and O–H groups in total. The molecule has 4 heteroatoms. The zero-order chi connectivity index (χ0) is 13.0. The maximum Gasteiger partial charge on any atom is 0.390 e. The molecule has 2 aromatic rings. The van der Waals surface area contributed by atoms with Crippen LogP contribution >= 0.6 is 0 Å².